The summed E-state index contributed by atoms with van der Waals surface area (Å²) < 4.78 is 6.28. The zero-order valence-corrected chi connectivity index (χ0v) is 17.3. The summed E-state index contributed by atoms with van der Waals surface area (Å²) in [5.41, 5.74) is 1.05. The molecule has 0 aliphatic carbocycles. The minimum absolute atomic E-state index is 0.230. The Morgan fingerprint density at radius 1 is 1.44 bits per heavy atom. The van der Waals surface area contributed by atoms with Crippen molar-refractivity contribution in [2.24, 2.45) is 0 Å². The number of imidazole rings is 1. The number of ether oxygens (including phenoxy) is 1. The number of nitrogens with one attached hydrogen (secondary N) is 1. The van der Waals surface area contributed by atoms with E-state index in [0.717, 1.165) is 22.2 Å². The number of carbonyl (C=O) groups is 1. The number of allylic oxidation sites excluding steroid dienone is 4. The van der Waals surface area contributed by atoms with Crippen LogP contribution in [0, 0.1) is 0 Å². The molecular weight excluding hydrogens is 382 g/mol. The van der Waals surface area contributed by atoms with E-state index >= 15 is 0 Å². The number of rotatable bonds is 7. The SMILES string of the molecule is C=C(Br)/C=C\C(=C)c1cnc(C(C)N(CCC)C(=O)OC(C)(C)C)[nH]1. The maximum Gasteiger partial charge on any atom is 0.410 e. The summed E-state index contributed by atoms with van der Waals surface area (Å²) in [5, 5.41) is 0. The van der Waals surface area contributed by atoms with Crippen LogP contribution in [0.4, 0.5) is 4.79 Å². The van der Waals surface area contributed by atoms with Gasteiger partial charge in [-0.3, -0.25) is 4.90 Å². The lowest BCUT2D eigenvalue weighted by atomic mass is 10.2. The number of aromatic amines is 1. The first-order valence-electron chi connectivity index (χ1n) is 8.31. The summed E-state index contributed by atoms with van der Waals surface area (Å²) >= 11 is 3.27. The quantitative estimate of drug-likeness (QED) is 0.596. The van der Waals surface area contributed by atoms with Gasteiger partial charge < -0.3 is 9.72 Å². The van der Waals surface area contributed by atoms with Crippen molar-refractivity contribution in [2.45, 2.75) is 52.7 Å². The van der Waals surface area contributed by atoms with E-state index in [4.69, 9.17) is 4.74 Å². The van der Waals surface area contributed by atoms with Crippen LogP contribution in [0.5, 0.6) is 0 Å². The molecule has 0 aliphatic heterocycles. The maximum atomic E-state index is 12.5. The lowest BCUT2D eigenvalue weighted by Crippen LogP contribution is -2.39. The van der Waals surface area contributed by atoms with Gasteiger partial charge in [0.15, 0.2) is 0 Å². The summed E-state index contributed by atoms with van der Waals surface area (Å²) in [5.74, 6) is 0.696. The van der Waals surface area contributed by atoms with Gasteiger partial charge in [-0.2, -0.15) is 0 Å². The molecule has 1 rings (SSSR count). The van der Waals surface area contributed by atoms with Gasteiger partial charge in [0.2, 0.25) is 0 Å². The number of hydrogen-bond acceptors (Lipinski definition) is 3. The molecule has 1 heterocycles. The van der Waals surface area contributed by atoms with Gasteiger partial charge in [0.25, 0.3) is 0 Å². The van der Waals surface area contributed by atoms with Crippen molar-refractivity contribution in [2.75, 3.05) is 6.54 Å². The fraction of sp³-hybridized carbons (Fsp3) is 0.474. The van der Waals surface area contributed by atoms with Crippen LogP contribution in [-0.2, 0) is 4.74 Å². The molecule has 0 aromatic carbocycles. The van der Waals surface area contributed by atoms with Gasteiger partial charge in [-0.15, -0.1) is 0 Å². The molecule has 0 aliphatic rings. The molecule has 138 valence electrons. The van der Waals surface area contributed by atoms with Crippen LogP contribution >= 0.6 is 15.9 Å². The molecule has 0 saturated carbocycles. The number of H-pyrrole nitrogens is 1. The largest absolute Gasteiger partial charge is 0.444 e. The highest BCUT2D eigenvalue weighted by Crippen LogP contribution is 2.23. The van der Waals surface area contributed by atoms with E-state index in [-0.39, 0.29) is 12.1 Å². The zero-order valence-electron chi connectivity index (χ0n) is 15.7. The Morgan fingerprint density at radius 3 is 2.60 bits per heavy atom. The van der Waals surface area contributed by atoms with Crippen molar-refractivity contribution < 1.29 is 9.53 Å². The number of amides is 1. The average molecular weight is 410 g/mol. The van der Waals surface area contributed by atoms with Crippen molar-refractivity contribution in [3.63, 3.8) is 0 Å². The fourth-order valence-electron chi connectivity index (χ4n) is 2.15. The second-order valence-corrected chi connectivity index (χ2v) is 7.86. The van der Waals surface area contributed by atoms with Crippen molar-refractivity contribution in [1.29, 1.82) is 0 Å². The topological polar surface area (TPSA) is 58.2 Å². The number of nitrogens with zero attached hydrogens (tertiary/aromatic N) is 2. The van der Waals surface area contributed by atoms with Crippen molar-refractivity contribution in [3.8, 4) is 0 Å². The van der Waals surface area contributed by atoms with Gasteiger partial charge in [0, 0.05) is 11.0 Å². The Labute approximate surface area is 159 Å². The third-order valence-corrected chi connectivity index (χ3v) is 3.63. The molecule has 0 fully saturated rings. The Balaban J connectivity index is 2.95. The molecule has 0 radical (unpaired) electrons. The Bertz CT molecular complexity index is 656. The van der Waals surface area contributed by atoms with Gasteiger partial charge in [0.1, 0.15) is 11.4 Å². The predicted molar refractivity (Wildman–Crippen MR) is 106 cm³/mol. The molecule has 1 unspecified atom stereocenters. The molecular formula is C19H28BrN3O2. The van der Waals surface area contributed by atoms with Crippen LogP contribution in [0.3, 0.4) is 0 Å². The normalized spacial score (nSPS) is 12.9. The second-order valence-electron chi connectivity index (χ2n) is 6.84. The predicted octanol–water partition coefficient (Wildman–Crippen LogP) is 5.60. The van der Waals surface area contributed by atoms with Gasteiger partial charge in [-0.25, -0.2) is 9.78 Å². The van der Waals surface area contributed by atoms with E-state index in [1.54, 1.807) is 11.1 Å². The molecule has 1 amide bonds. The first kappa shape index (κ1) is 21.2. The van der Waals surface area contributed by atoms with Crippen LogP contribution in [0.1, 0.15) is 58.6 Å². The maximum absolute atomic E-state index is 12.5. The monoisotopic (exact) mass is 409 g/mol. The van der Waals surface area contributed by atoms with Crippen molar-refractivity contribution in [1.82, 2.24) is 14.9 Å². The van der Waals surface area contributed by atoms with Gasteiger partial charge >= 0.3 is 6.09 Å². The smallest absolute Gasteiger partial charge is 0.410 e. The summed E-state index contributed by atoms with van der Waals surface area (Å²) in [6.07, 6.45) is 5.87. The summed E-state index contributed by atoms with van der Waals surface area (Å²) in [4.78, 5) is 21.8. The number of hydrogen-bond donors (Lipinski definition) is 1. The first-order valence-corrected chi connectivity index (χ1v) is 9.10. The summed E-state index contributed by atoms with van der Waals surface area (Å²) in [6, 6.07) is -0.230. The highest BCUT2D eigenvalue weighted by Gasteiger charge is 2.27. The minimum Gasteiger partial charge on any atom is -0.444 e. The first-order chi connectivity index (χ1) is 11.5. The van der Waals surface area contributed by atoms with Crippen LogP contribution in [0.25, 0.3) is 5.57 Å². The van der Waals surface area contributed by atoms with Gasteiger partial charge in [-0.05, 0) is 45.8 Å². The lowest BCUT2D eigenvalue weighted by Gasteiger charge is -2.30. The van der Waals surface area contributed by atoms with Crippen molar-refractivity contribution >= 4 is 27.6 Å². The third kappa shape index (κ3) is 6.90. The Morgan fingerprint density at radius 2 is 2.08 bits per heavy atom. The highest BCUT2D eigenvalue weighted by atomic mass is 79.9. The van der Waals surface area contributed by atoms with E-state index in [1.165, 1.54) is 0 Å². The van der Waals surface area contributed by atoms with E-state index in [0.29, 0.717) is 12.4 Å². The third-order valence-electron chi connectivity index (χ3n) is 3.36. The van der Waals surface area contributed by atoms with E-state index < -0.39 is 5.60 Å². The van der Waals surface area contributed by atoms with E-state index in [9.17, 15) is 4.79 Å². The number of aromatic nitrogens is 2. The average Bonchev–Trinajstić information content (AvgIpc) is 2.97. The Hall–Kier alpha value is -1.82. The Kier molecular flexibility index (Phi) is 7.67. The number of halogens is 1. The standard InChI is InChI=1S/C19H28BrN3O2/c1-8-11-23(18(24)25-19(5,6)7)15(4)17-21-12-16(22-17)13(2)9-10-14(3)20/h9-10,12,15H,2-3,8,11H2,1,4-7H3,(H,21,22)/b10-9-. The zero-order chi connectivity index (χ0) is 19.2. The molecule has 1 N–H and O–H groups in total. The second kappa shape index (κ2) is 9.04. The molecule has 25 heavy (non-hydrogen) atoms. The number of carbonyl (C=O) groups excluding carboxylic acids is 1. The fourth-order valence-corrected chi connectivity index (χ4v) is 2.28. The van der Waals surface area contributed by atoms with Crippen LogP contribution in [0.2, 0.25) is 0 Å². The van der Waals surface area contributed by atoms with Gasteiger partial charge in [0.05, 0.1) is 17.9 Å². The van der Waals surface area contributed by atoms with Crippen LogP contribution in [0.15, 0.2) is 36.0 Å². The molecule has 1 aromatic heterocycles. The molecule has 6 heteroatoms. The summed E-state index contributed by atoms with van der Waals surface area (Å²) in [7, 11) is 0. The van der Waals surface area contributed by atoms with Crippen LogP contribution < -0.4 is 0 Å². The van der Waals surface area contributed by atoms with Crippen molar-refractivity contribution in [3.05, 3.63) is 47.5 Å². The van der Waals surface area contributed by atoms with E-state index in [2.05, 4.69) is 39.1 Å². The highest BCUT2D eigenvalue weighted by molar-refractivity contribution is 9.11. The molecule has 0 bridgehead atoms. The molecule has 1 atom stereocenters. The molecule has 0 saturated heterocycles. The lowest BCUT2D eigenvalue weighted by molar-refractivity contribution is 0.0166. The molecule has 5 nitrogen and oxygen atoms in total. The van der Waals surface area contributed by atoms with E-state index in [1.807, 2.05) is 46.8 Å². The van der Waals surface area contributed by atoms with Gasteiger partial charge in [-0.1, -0.05) is 42.1 Å². The molecule has 1 aromatic rings. The summed E-state index contributed by atoms with van der Waals surface area (Å²) in [6.45, 7) is 17.9. The molecule has 0 spiro atoms. The van der Waals surface area contributed by atoms with Crippen LogP contribution in [-0.4, -0.2) is 33.1 Å². The minimum atomic E-state index is -0.533.